The van der Waals surface area contributed by atoms with E-state index in [9.17, 15) is 10.4 Å². The molecular weight excluding hydrogens is 360 g/mol. The Morgan fingerprint density at radius 1 is 0.414 bits per heavy atom. The van der Waals surface area contributed by atoms with Gasteiger partial charge in [0.15, 0.2) is 0 Å². The Balaban J connectivity index is 1.87. The van der Waals surface area contributed by atoms with Crippen molar-refractivity contribution < 1.29 is 0 Å². The Kier molecular flexibility index (Phi) is 3.22. The molecule has 0 N–H and O–H groups in total. The van der Waals surface area contributed by atoms with Crippen LogP contribution in [0.1, 0.15) is 22.3 Å². The minimum absolute atomic E-state index is 0.607. The van der Waals surface area contributed by atoms with Crippen molar-refractivity contribution in [3.63, 3.8) is 0 Å². The lowest BCUT2D eigenvalue weighted by atomic mass is 9.60. The molecule has 0 atom stereocenters. The molecule has 0 saturated heterocycles. The number of rotatable bonds is 0. The fraction of sp³-hybridized carbons (Fsp3) is 0.0400. The van der Waals surface area contributed by atoms with Gasteiger partial charge in [0.05, 0.1) is 5.41 Å². The lowest BCUT2D eigenvalue weighted by molar-refractivity contribution is 0.718. The topological polar surface area (TPSA) is 52.6 Å². The van der Waals surface area contributed by atoms with Gasteiger partial charge < -0.3 is 20.5 Å². The second kappa shape index (κ2) is 5.70. The summed E-state index contributed by atoms with van der Waals surface area (Å²) in [5, 5.41) is 28.5. The van der Waals surface area contributed by atoms with Crippen molar-refractivity contribution in [3.8, 4) is 0 Å². The predicted octanol–water partition coefficient (Wildman–Crippen LogP) is 5.97. The number of anilines is 4. The van der Waals surface area contributed by atoms with E-state index in [1.54, 1.807) is 0 Å². The molecule has 4 heteroatoms. The molecule has 0 amide bonds. The fourth-order valence-electron chi connectivity index (χ4n) is 5.00. The van der Waals surface area contributed by atoms with E-state index in [2.05, 4.69) is 0 Å². The van der Waals surface area contributed by atoms with E-state index in [0.717, 1.165) is 32.4 Å². The average molecular weight is 376 g/mol. The first-order valence-electron chi connectivity index (χ1n) is 9.57. The first-order valence-corrected chi connectivity index (χ1v) is 9.57. The van der Waals surface area contributed by atoms with Gasteiger partial charge in [0.1, 0.15) is 0 Å². The van der Waals surface area contributed by atoms with Crippen LogP contribution in [0.3, 0.4) is 0 Å². The molecule has 4 aromatic carbocycles. The van der Waals surface area contributed by atoms with Crippen molar-refractivity contribution in [2.75, 3.05) is 10.1 Å². The number of para-hydroxylation sites is 4. The van der Waals surface area contributed by atoms with Gasteiger partial charge >= 0.3 is 0 Å². The summed E-state index contributed by atoms with van der Waals surface area (Å²) in [6.45, 7) is 0. The molecule has 29 heavy (non-hydrogen) atoms. The third-order valence-corrected chi connectivity index (χ3v) is 6.11. The lowest BCUT2D eigenvalue weighted by Crippen LogP contribution is -2.41. The van der Waals surface area contributed by atoms with E-state index in [4.69, 9.17) is 0 Å². The Labute approximate surface area is 168 Å². The Morgan fingerprint density at radius 2 is 0.655 bits per heavy atom. The fourth-order valence-corrected chi connectivity index (χ4v) is 5.00. The molecule has 4 aromatic rings. The highest BCUT2D eigenvalue weighted by atomic mass is 16.5. The average Bonchev–Trinajstić information content (AvgIpc) is 2.79. The summed E-state index contributed by atoms with van der Waals surface area (Å²) in [4.78, 5) is 0. The predicted molar refractivity (Wildman–Crippen MR) is 116 cm³/mol. The van der Waals surface area contributed by atoms with E-state index in [1.807, 2.05) is 97.1 Å². The summed E-state index contributed by atoms with van der Waals surface area (Å²) in [5.74, 6) is 0. The molecule has 2 aliphatic rings. The smallest absolute Gasteiger partial charge is 0.0781 e. The van der Waals surface area contributed by atoms with Gasteiger partial charge in [-0.15, -0.1) is 0 Å². The van der Waals surface area contributed by atoms with Gasteiger partial charge in [0.2, 0.25) is 0 Å². The van der Waals surface area contributed by atoms with Crippen LogP contribution in [0.15, 0.2) is 97.1 Å². The van der Waals surface area contributed by atoms with Crippen molar-refractivity contribution in [2.45, 2.75) is 5.41 Å². The van der Waals surface area contributed by atoms with Crippen LogP contribution < -0.4 is 10.1 Å². The van der Waals surface area contributed by atoms with Gasteiger partial charge in [0.25, 0.3) is 0 Å². The van der Waals surface area contributed by atoms with Crippen LogP contribution in [0.4, 0.5) is 22.7 Å². The molecule has 1 spiro atoms. The highest BCUT2D eigenvalue weighted by Crippen LogP contribution is 2.61. The van der Waals surface area contributed by atoms with Gasteiger partial charge in [-0.05, 0) is 46.5 Å². The molecule has 0 radical (unpaired) electrons. The maximum absolute atomic E-state index is 13.3. The first-order chi connectivity index (χ1) is 14.2. The van der Waals surface area contributed by atoms with Crippen LogP contribution in [0.5, 0.6) is 0 Å². The van der Waals surface area contributed by atoms with E-state index < -0.39 is 5.41 Å². The second-order valence-electron chi connectivity index (χ2n) is 7.41. The van der Waals surface area contributed by atoms with Crippen molar-refractivity contribution in [3.05, 3.63) is 130 Å². The number of nitrogens with zero attached hydrogens (tertiary/aromatic N) is 2. The molecule has 0 fully saturated rings. The van der Waals surface area contributed by atoms with E-state index in [1.165, 1.54) is 0 Å². The standard InChI is InChI=1S/C25H16N2O2/c28-26-21-13-5-1-9-17(21)25(18-10-2-6-14-22(18)26)19-11-3-7-15-23(19)27(29)24-16-8-4-12-20(24)25/h1-16H/q-2. The molecule has 0 unspecified atom stereocenters. The van der Waals surface area contributed by atoms with Crippen molar-refractivity contribution in [1.82, 2.24) is 0 Å². The zero-order valence-corrected chi connectivity index (χ0v) is 15.4. The van der Waals surface area contributed by atoms with E-state index in [0.29, 0.717) is 22.7 Å². The van der Waals surface area contributed by atoms with Crippen molar-refractivity contribution >= 4 is 22.7 Å². The van der Waals surface area contributed by atoms with Crippen LogP contribution in [0.2, 0.25) is 0 Å². The highest BCUT2D eigenvalue weighted by Gasteiger charge is 2.49. The van der Waals surface area contributed by atoms with Crippen molar-refractivity contribution in [2.24, 2.45) is 0 Å². The third-order valence-electron chi connectivity index (χ3n) is 6.11. The summed E-state index contributed by atoms with van der Waals surface area (Å²) >= 11 is 0. The van der Waals surface area contributed by atoms with Gasteiger partial charge in [-0.2, -0.15) is 0 Å². The molecule has 0 saturated carbocycles. The zero-order chi connectivity index (χ0) is 19.6. The van der Waals surface area contributed by atoms with Gasteiger partial charge in [0, 0.05) is 22.7 Å². The number of fused-ring (bicyclic) bond motifs is 8. The van der Waals surface area contributed by atoms with Crippen LogP contribution in [0, 0.1) is 10.4 Å². The lowest BCUT2D eigenvalue weighted by Gasteiger charge is -2.54. The number of hydrogen-bond acceptors (Lipinski definition) is 4. The van der Waals surface area contributed by atoms with E-state index >= 15 is 0 Å². The zero-order valence-electron chi connectivity index (χ0n) is 15.4. The third kappa shape index (κ3) is 1.89. The second-order valence-corrected chi connectivity index (χ2v) is 7.41. The van der Waals surface area contributed by atoms with Crippen LogP contribution in [-0.4, -0.2) is 0 Å². The molecule has 140 valence electrons. The van der Waals surface area contributed by atoms with Gasteiger partial charge in [-0.1, -0.05) is 72.8 Å². The number of benzene rings is 4. The van der Waals surface area contributed by atoms with Gasteiger partial charge in [-0.25, -0.2) is 0 Å². The maximum atomic E-state index is 13.3. The quantitative estimate of drug-likeness (QED) is 0.379. The Morgan fingerprint density at radius 3 is 0.931 bits per heavy atom. The van der Waals surface area contributed by atoms with E-state index in [-0.39, 0.29) is 0 Å². The minimum Gasteiger partial charge on any atom is -0.754 e. The maximum Gasteiger partial charge on any atom is 0.0781 e. The Bertz CT molecular complexity index is 1070. The summed E-state index contributed by atoms with van der Waals surface area (Å²) in [5.41, 5.74) is 5.25. The molecule has 4 nitrogen and oxygen atoms in total. The van der Waals surface area contributed by atoms with Crippen LogP contribution >= 0.6 is 0 Å². The monoisotopic (exact) mass is 376 g/mol. The normalized spacial score (nSPS) is 15.4. The molecule has 2 aliphatic heterocycles. The molecule has 0 aliphatic carbocycles. The first kappa shape index (κ1) is 16.4. The van der Waals surface area contributed by atoms with Crippen molar-refractivity contribution in [1.29, 1.82) is 0 Å². The molecule has 6 rings (SSSR count). The van der Waals surface area contributed by atoms with Crippen LogP contribution in [-0.2, 0) is 5.41 Å². The summed E-state index contributed by atoms with van der Waals surface area (Å²) in [7, 11) is 0. The molecular formula is C25H16N2O2-2. The summed E-state index contributed by atoms with van der Waals surface area (Å²) in [6.07, 6.45) is 0. The SMILES string of the molecule is [O-]N1c2ccccc2C2(c3ccccc31)c1ccccc1N([O-])c1ccccc12. The summed E-state index contributed by atoms with van der Waals surface area (Å²) in [6, 6.07) is 30.8. The highest BCUT2D eigenvalue weighted by molar-refractivity contribution is 5.91. The molecule has 2 heterocycles. The summed E-state index contributed by atoms with van der Waals surface area (Å²) < 4.78 is 0. The van der Waals surface area contributed by atoms with Crippen LogP contribution in [0.25, 0.3) is 0 Å². The molecule has 0 bridgehead atoms. The largest absolute Gasteiger partial charge is 0.754 e. The molecule has 0 aromatic heterocycles. The Hall–Kier alpha value is -3.60. The number of hydrogen-bond donors (Lipinski definition) is 0. The minimum atomic E-state index is -0.734. The van der Waals surface area contributed by atoms with Gasteiger partial charge in [-0.3, -0.25) is 0 Å².